The highest BCUT2D eigenvalue weighted by molar-refractivity contribution is 6.30. The first kappa shape index (κ1) is 17.6. The summed E-state index contributed by atoms with van der Waals surface area (Å²) in [6.45, 7) is 3.80. The van der Waals surface area contributed by atoms with Crippen LogP contribution in [0.1, 0.15) is 5.56 Å². The number of rotatable bonds is 5. The van der Waals surface area contributed by atoms with Gasteiger partial charge in [-0.3, -0.25) is 9.69 Å². The van der Waals surface area contributed by atoms with Crippen LogP contribution in [0, 0.1) is 0 Å². The van der Waals surface area contributed by atoms with E-state index in [9.17, 15) is 9.90 Å². The van der Waals surface area contributed by atoms with Crippen LogP contribution in [0.5, 0.6) is 11.5 Å². The van der Waals surface area contributed by atoms with Gasteiger partial charge in [-0.2, -0.15) is 0 Å². The van der Waals surface area contributed by atoms with Crippen molar-refractivity contribution in [3.8, 4) is 11.5 Å². The number of phenols is 1. The first-order valence-electron chi connectivity index (χ1n) is 8.27. The van der Waals surface area contributed by atoms with Crippen LogP contribution in [0.15, 0.2) is 48.5 Å². The van der Waals surface area contributed by atoms with Crippen LogP contribution in [-0.2, 0) is 11.3 Å². The minimum absolute atomic E-state index is 0.0445. The van der Waals surface area contributed by atoms with E-state index in [0.717, 1.165) is 24.7 Å². The number of aromatic hydroxyl groups is 1. The third-order valence-electron chi connectivity index (χ3n) is 4.26. The van der Waals surface area contributed by atoms with Crippen LogP contribution in [0.2, 0.25) is 5.02 Å². The number of para-hydroxylation sites is 2. The normalized spacial score (nSPS) is 15.2. The lowest BCUT2D eigenvalue weighted by Gasteiger charge is -2.34. The van der Waals surface area contributed by atoms with E-state index in [1.165, 1.54) is 11.6 Å². The van der Waals surface area contributed by atoms with Crippen molar-refractivity contribution in [3.63, 3.8) is 0 Å². The third-order valence-corrected chi connectivity index (χ3v) is 4.51. The van der Waals surface area contributed by atoms with Gasteiger partial charge in [-0.1, -0.05) is 35.9 Å². The molecule has 1 aliphatic rings. The maximum atomic E-state index is 12.3. The molecule has 0 bridgehead atoms. The lowest BCUT2D eigenvalue weighted by molar-refractivity contribution is -0.135. The molecule has 1 N–H and O–H groups in total. The molecule has 0 aromatic heterocycles. The summed E-state index contributed by atoms with van der Waals surface area (Å²) < 4.78 is 5.42. The topological polar surface area (TPSA) is 53.0 Å². The van der Waals surface area contributed by atoms with E-state index in [-0.39, 0.29) is 18.3 Å². The Kier molecular flexibility index (Phi) is 5.79. The standard InChI is InChI=1S/C19H21ClN2O3/c20-16-7-5-15(6-8-16)13-21-9-11-22(12-10-21)19(24)14-25-18-4-2-1-3-17(18)23/h1-8,23H,9-14H2. The Balaban J connectivity index is 1.44. The zero-order valence-electron chi connectivity index (χ0n) is 13.9. The fourth-order valence-electron chi connectivity index (χ4n) is 2.81. The van der Waals surface area contributed by atoms with Gasteiger partial charge in [0.1, 0.15) is 0 Å². The van der Waals surface area contributed by atoms with Gasteiger partial charge >= 0.3 is 0 Å². The number of halogens is 1. The Labute approximate surface area is 152 Å². The van der Waals surface area contributed by atoms with E-state index in [1.54, 1.807) is 23.1 Å². The summed E-state index contributed by atoms with van der Waals surface area (Å²) in [6.07, 6.45) is 0. The Morgan fingerprint density at radius 2 is 1.72 bits per heavy atom. The average molecular weight is 361 g/mol. The molecule has 25 heavy (non-hydrogen) atoms. The van der Waals surface area contributed by atoms with Crippen LogP contribution in [0.4, 0.5) is 0 Å². The molecule has 1 amide bonds. The van der Waals surface area contributed by atoms with Gasteiger partial charge in [-0.25, -0.2) is 0 Å². The number of carbonyl (C=O) groups excluding carboxylic acids is 1. The number of hydrogen-bond donors (Lipinski definition) is 1. The van der Waals surface area contributed by atoms with Crippen molar-refractivity contribution in [2.45, 2.75) is 6.54 Å². The number of nitrogens with zero attached hydrogens (tertiary/aromatic N) is 2. The minimum atomic E-state index is -0.0608. The molecule has 1 fully saturated rings. The summed E-state index contributed by atoms with van der Waals surface area (Å²) in [5.41, 5.74) is 1.21. The number of ether oxygens (including phenoxy) is 1. The predicted molar refractivity (Wildman–Crippen MR) is 96.9 cm³/mol. The summed E-state index contributed by atoms with van der Waals surface area (Å²) in [7, 11) is 0. The second-order valence-electron chi connectivity index (χ2n) is 6.04. The monoisotopic (exact) mass is 360 g/mol. The first-order valence-corrected chi connectivity index (χ1v) is 8.65. The zero-order valence-corrected chi connectivity index (χ0v) is 14.7. The van der Waals surface area contributed by atoms with E-state index < -0.39 is 0 Å². The molecule has 0 atom stereocenters. The molecule has 2 aromatic carbocycles. The first-order chi connectivity index (χ1) is 12.1. The maximum Gasteiger partial charge on any atom is 0.260 e. The predicted octanol–water partition coefficient (Wildman–Crippen LogP) is 2.77. The van der Waals surface area contributed by atoms with Gasteiger partial charge in [0.15, 0.2) is 18.1 Å². The van der Waals surface area contributed by atoms with E-state index in [1.807, 2.05) is 24.3 Å². The summed E-state index contributed by atoms with van der Waals surface area (Å²) in [5, 5.41) is 10.4. The lowest BCUT2D eigenvalue weighted by atomic mass is 10.2. The van der Waals surface area contributed by atoms with Crippen LogP contribution in [0.3, 0.4) is 0 Å². The van der Waals surface area contributed by atoms with Gasteiger partial charge in [0.05, 0.1) is 0 Å². The second kappa shape index (κ2) is 8.23. The van der Waals surface area contributed by atoms with Crippen LogP contribution < -0.4 is 4.74 Å². The molecule has 0 saturated carbocycles. The van der Waals surface area contributed by atoms with Gasteiger partial charge in [-0.15, -0.1) is 0 Å². The molecule has 0 aliphatic carbocycles. The van der Waals surface area contributed by atoms with Crippen molar-refractivity contribution in [2.75, 3.05) is 32.8 Å². The van der Waals surface area contributed by atoms with Gasteiger partial charge in [-0.05, 0) is 29.8 Å². The molecule has 1 heterocycles. The number of benzene rings is 2. The summed E-state index contributed by atoms with van der Waals surface area (Å²) in [5.74, 6) is 0.315. The molecular weight excluding hydrogens is 340 g/mol. The van der Waals surface area contributed by atoms with E-state index in [2.05, 4.69) is 4.90 Å². The molecule has 0 radical (unpaired) electrons. The SMILES string of the molecule is O=C(COc1ccccc1O)N1CCN(Cc2ccc(Cl)cc2)CC1. The number of phenolic OH excluding ortho intramolecular Hbond substituents is 1. The Bertz CT molecular complexity index is 713. The highest BCUT2D eigenvalue weighted by Crippen LogP contribution is 2.24. The van der Waals surface area contributed by atoms with Crippen molar-refractivity contribution >= 4 is 17.5 Å². The Morgan fingerprint density at radius 3 is 2.40 bits per heavy atom. The van der Waals surface area contributed by atoms with Gasteiger partial charge in [0, 0.05) is 37.7 Å². The van der Waals surface area contributed by atoms with Crippen LogP contribution >= 0.6 is 11.6 Å². The van der Waals surface area contributed by atoms with Crippen molar-refractivity contribution in [1.82, 2.24) is 9.80 Å². The molecule has 2 aromatic rings. The fourth-order valence-corrected chi connectivity index (χ4v) is 2.94. The number of carbonyl (C=O) groups is 1. The number of piperazine rings is 1. The fraction of sp³-hybridized carbons (Fsp3) is 0.316. The minimum Gasteiger partial charge on any atom is -0.504 e. The van der Waals surface area contributed by atoms with Crippen molar-refractivity contribution in [2.24, 2.45) is 0 Å². The molecule has 5 nitrogen and oxygen atoms in total. The lowest BCUT2D eigenvalue weighted by Crippen LogP contribution is -2.49. The number of hydrogen-bond acceptors (Lipinski definition) is 4. The third kappa shape index (κ3) is 4.87. The van der Waals surface area contributed by atoms with Gasteiger partial charge in [0.25, 0.3) is 5.91 Å². The summed E-state index contributed by atoms with van der Waals surface area (Å²) >= 11 is 5.91. The van der Waals surface area contributed by atoms with Gasteiger partial charge < -0.3 is 14.7 Å². The second-order valence-corrected chi connectivity index (χ2v) is 6.48. The van der Waals surface area contributed by atoms with Crippen molar-refractivity contribution < 1.29 is 14.6 Å². The molecule has 0 spiro atoms. The highest BCUT2D eigenvalue weighted by atomic mass is 35.5. The molecular formula is C19H21ClN2O3. The van der Waals surface area contributed by atoms with Crippen LogP contribution in [-0.4, -0.2) is 53.6 Å². The van der Waals surface area contributed by atoms with Crippen LogP contribution in [0.25, 0.3) is 0 Å². The molecule has 0 unspecified atom stereocenters. The molecule has 1 saturated heterocycles. The number of amides is 1. The Morgan fingerprint density at radius 1 is 1.04 bits per heavy atom. The molecule has 1 aliphatic heterocycles. The average Bonchev–Trinajstić information content (AvgIpc) is 2.63. The maximum absolute atomic E-state index is 12.3. The van der Waals surface area contributed by atoms with E-state index in [0.29, 0.717) is 18.8 Å². The van der Waals surface area contributed by atoms with E-state index in [4.69, 9.17) is 16.3 Å². The van der Waals surface area contributed by atoms with Crippen molar-refractivity contribution in [1.29, 1.82) is 0 Å². The summed E-state index contributed by atoms with van der Waals surface area (Å²) in [4.78, 5) is 16.4. The molecule has 3 rings (SSSR count). The van der Waals surface area contributed by atoms with Gasteiger partial charge in [0.2, 0.25) is 0 Å². The smallest absolute Gasteiger partial charge is 0.260 e. The van der Waals surface area contributed by atoms with E-state index >= 15 is 0 Å². The molecule has 6 heteroatoms. The highest BCUT2D eigenvalue weighted by Gasteiger charge is 2.21. The zero-order chi connectivity index (χ0) is 17.6. The molecule has 132 valence electrons. The quantitative estimate of drug-likeness (QED) is 0.890. The van der Waals surface area contributed by atoms with Crippen molar-refractivity contribution in [3.05, 3.63) is 59.1 Å². The Hall–Kier alpha value is -2.24. The summed E-state index contributed by atoms with van der Waals surface area (Å²) in [6, 6.07) is 14.5. The largest absolute Gasteiger partial charge is 0.504 e.